The molecule has 6 heteroatoms. The van der Waals surface area contributed by atoms with E-state index in [0.717, 1.165) is 5.56 Å². The molecule has 0 saturated carbocycles. The van der Waals surface area contributed by atoms with Crippen LogP contribution < -0.4 is 0 Å². The van der Waals surface area contributed by atoms with Gasteiger partial charge in [-0.15, -0.1) is 0 Å². The highest BCUT2D eigenvalue weighted by Gasteiger charge is 2.42. The smallest absolute Gasteiger partial charge is 0.297 e. The van der Waals surface area contributed by atoms with Crippen molar-refractivity contribution in [2.24, 2.45) is 0 Å². The third-order valence-electron chi connectivity index (χ3n) is 2.83. The van der Waals surface area contributed by atoms with E-state index in [0.29, 0.717) is 9.80 Å². The molecule has 19 heavy (non-hydrogen) atoms. The number of carbonyl (C=O) groups excluding carboxylic acids is 4. The molecule has 1 fully saturated rings. The first-order valence-electron chi connectivity index (χ1n) is 5.70. The first-order valence-corrected chi connectivity index (χ1v) is 5.70. The van der Waals surface area contributed by atoms with Gasteiger partial charge in [0.05, 0.1) is 6.54 Å². The summed E-state index contributed by atoms with van der Waals surface area (Å²) in [6, 6.07) is 8.23. The fourth-order valence-electron chi connectivity index (χ4n) is 1.81. The maximum Gasteiger partial charge on any atom is 0.334 e. The second-order valence-electron chi connectivity index (χ2n) is 4.24. The van der Waals surface area contributed by atoms with Gasteiger partial charge < -0.3 is 0 Å². The highest BCUT2D eigenvalue weighted by Crippen LogP contribution is 2.10. The maximum atomic E-state index is 11.8. The van der Waals surface area contributed by atoms with Crippen molar-refractivity contribution in [2.45, 2.75) is 6.42 Å². The Morgan fingerprint density at radius 1 is 1.05 bits per heavy atom. The molecule has 1 heterocycles. The van der Waals surface area contributed by atoms with Crippen molar-refractivity contribution >= 4 is 23.6 Å². The summed E-state index contributed by atoms with van der Waals surface area (Å²) < 4.78 is 0. The Morgan fingerprint density at radius 3 is 2.21 bits per heavy atom. The number of carbonyl (C=O) groups is 4. The monoisotopic (exact) mass is 260 g/mol. The molecule has 6 nitrogen and oxygen atoms in total. The number of urea groups is 1. The zero-order valence-corrected chi connectivity index (χ0v) is 10.3. The normalized spacial score (nSPS) is 15.3. The SMILES string of the molecule is CN1C(=O)C(=O)N(CC(=O)Cc2ccccc2)C1=O. The van der Waals surface area contributed by atoms with E-state index in [2.05, 4.69) is 0 Å². The van der Waals surface area contributed by atoms with Crippen molar-refractivity contribution in [1.29, 1.82) is 0 Å². The van der Waals surface area contributed by atoms with E-state index in [4.69, 9.17) is 0 Å². The molecule has 1 aliphatic rings. The van der Waals surface area contributed by atoms with Gasteiger partial charge in [-0.2, -0.15) is 0 Å². The number of hydrogen-bond acceptors (Lipinski definition) is 4. The lowest BCUT2D eigenvalue weighted by atomic mass is 10.1. The van der Waals surface area contributed by atoms with Crippen molar-refractivity contribution in [3.63, 3.8) is 0 Å². The summed E-state index contributed by atoms with van der Waals surface area (Å²) in [5.74, 6) is -2.15. The van der Waals surface area contributed by atoms with Crippen LogP contribution in [-0.4, -0.2) is 47.0 Å². The highest BCUT2D eigenvalue weighted by molar-refractivity contribution is 6.44. The minimum absolute atomic E-state index is 0.121. The van der Waals surface area contributed by atoms with Crippen LogP contribution >= 0.6 is 0 Å². The van der Waals surface area contributed by atoms with Crippen LogP contribution in [0.2, 0.25) is 0 Å². The van der Waals surface area contributed by atoms with Crippen molar-refractivity contribution < 1.29 is 19.2 Å². The van der Waals surface area contributed by atoms with Gasteiger partial charge in [0, 0.05) is 13.5 Å². The van der Waals surface area contributed by atoms with Gasteiger partial charge in [0.15, 0.2) is 5.78 Å². The van der Waals surface area contributed by atoms with Crippen LogP contribution in [0.3, 0.4) is 0 Å². The first-order chi connectivity index (χ1) is 9.00. The molecule has 0 atom stereocenters. The molecule has 4 amide bonds. The van der Waals surface area contributed by atoms with E-state index < -0.39 is 17.8 Å². The fraction of sp³-hybridized carbons (Fsp3) is 0.231. The number of rotatable bonds is 4. The van der Waals surface area contributed by atoms with Crippen LogP contribution in [0.4, 0.5) is 4.79 Å². The standard InChI is InChI=1S/C13H12N2O4/c1-14-11(17)12(18)15(13(14)19)8-10(16)7-9-5-3-2-4-6-9/h2-6H,7-8H2,1H3. The Kier molecular flexibility index (Phi) is 3.41. The van der Waals surface area contributed by atoms with Gasteiger partial charge in [0.1, 0.15) is 0 Å². The number of imide groups is 2. The molecule has 0 unspecified atom stereocenters. The predicted octanol–water partition coefficient (Wildman–Crippen LogP) is 0.219. The lowest BCUT2D eigenvalue weighted by Gasteiger charge is -2.11. The molecule has 98 valence electrons. The zero-order chi connectivity index (χ0) is 14.0. The third kappa shape index (κ3) is 2.52. The molecule has 2 rings (SSSR count). The Hall–Kier alpha value is -2.50. The topological polar surface area (TPSA) is 74.8 Å². The Bertz CT molecular complexity index is 553. The van der Waals surface area contributed by atoms with Gasteiger partial charge in [-0.3, -0.25) is 19.3 Å². The number of amides is 4. The molecule has 1 aliphatic heterocycles. The maximum absolute atomic E-state index is 11.8. The molecule has 1 saturated heterocycles. The van der Waals surface area contributed by atoms with Gasteiger partial charge >= 0.3 is 17.8 Å². The number of nitrogens with zero attached hydrogens (tertiary/aromatic N) is 2. The number of ketones is 1. The van der Waals surface area contributed by atoms with Crippen LogP contribution in [0, 0.1) is 0 Å². The quantitative estimate of drug-likeness (QED) is 0.573. The van der Waals surface area contributed by atoms with Gasteiger partial charge in [0.2, 0.25) is 0 Å². The average molecular weight is 260 g/mol. The van der Waals surface area contributed by atoms with Crippen LogP contribution in [0.15, 0.2) is 30.3 Å². The van der Waals surface area contributed by atoms with Gasteiger partial charge in [0.25, 0.3) is 0 Å². The van der Waals surface area contributed by atoms with Gasteiger partial charge in [-0.25, -0.2) is 9.69 Å². The van der Waals surface area contributed by atoms with E-state index >= 15 is 0 Å². The second kappa shape index (κ2) is 5.01. The molecular formula is C13H12N2O4. The summed E-state index contributed by atoms with van der Waals surface area (Å²) in [4.78, 5) is 47.5. The van der Waals surface area contributed by atoms with Crippen LogP contribution in [0.1, 0.15) is 5.56 Å². The minimum Gasteiger partial charge on any atom is -0.297 e. The van der Waals surface area contributed by atoms with E-state index in [1.165, 1.54) is 7.05 Å². The van der Waals surface area contributed by atoms with Crippen molar-refractivity contribution in [1.82, 2.24) is 9.80 Å². The predicted molar refractivity (Wildman–Crippen MR) is 65.0 cm³/mol. The Balaban J connectivity index is 2.02. The van der Waals surface area contributed by atoms with Crippen LogP contribution in [-0.2, 0) is 20.8 Å². The van der Waals surface area contributed by atoms with Crippen molar-refractivity contribution in [2.75, 3.05) is 13.6 Å². The highest BCUT2D eigenvalue weighted by atomic mass is 16.2. The van der Waals surface area contributed by atoms with Gasteiger partial charge in [-0.1, -0.05) is 30.3 Å². The summed E-state index contributed by atoms with van der Waals surface area (Å²) in [6.45, 7) is -0.372. The molecule has 0 radical (unpaired) electrons. The Morgan fingerprint density at radius 2 is 1.68 bits per heavy atom. The molecule has 0 bridgehead atoms. The summed E-state index contributed by atoms with van der Waals surface area (Å²) in [7, 11) is 1.21. The molecule has 0 N–H and O–H groups in total. The average Bonchev–Trinajstić information content (AvgIpc) is 2.58. The number of hydrogen-bond donors (Lipinski definition) is 0. The van der Waals surface area contributed by atoms with E-state index in [1.54, 1.807) is 24.3 Å². The Labute approximate surface area is 109 Å². The van der Waals surface area contributed by atoms with E-state index in [9.17, 15) is 19.2 Å². The lowest BCUT2D eigenvalue weighted by Crippen LogP contribution is -2.36. The molecule has 1 aromatic rings. The first kappa shape index (κ1) is 12.9. The summed E-state index contributed by atoms with van der Waals surface area (Å²) in [6.07, 6.45) is 0.121. The molecule has 0 aromatic heterocycles. The van der Waals surface area contributed by atoms with E-state index in [-0.39, 0.29) is 18.7 Å². The molecule has 0 spiro atoms. The summed E-state index contributed by atoms with van der Waals surface area (Å²) in [5, 5.41) is 0. The number of benzene rings is 1. The number of likely N-dealkylation sites (N-methyl/N-ethyl adjacent to an activating group) is 1. The van der Waals surface area contributed by atoms with Crippen molar-refractivity contribution in [3.05, 3.63) is 35.9 Å². The summed E-state index contributed by atoms with van der Waals surface area (Å²) >= 11 is 0. The zero-order valence-electron chi connectivity index (χ0n) is 10.3. The van der Waals surface area contributed by atoms with Crippen LogP contribution in [0.5, 0.6) is 0 Å². The lowest BCUT2D eigenvalue weighted by molar-refractivity contribution is -0.143. The van der Waals surface area contributed by atoms with E-state index in [1.807, 2.05) is 6.07 Å². The molecule has 1 aromatic carbocycles. The van der Waals surface area contributed by atoms with Crippen molar-refractivity contribution in [3.8, 4) is 0 Å². The van der Waals surface area contributed by atoms with Crippen LogP contribution in [0.25, 0.3) is 0 Å². The largest absolute Gasteiger partial charge is 0.334 e. The molecule has 0 aliphatic carbocycles. The van der Waals surface area contributed by atoms with Gasteiger partial charge in [-0.05, 0) is 5.56 Å². The second-order valence-corrected chi connectivity index (χ2v) is 4.24. The summed E-state index contributed by atoms with van der Waals surface area (Å²) in [5.41, 5.74) is 0.797. The molecular weight excluding hydrogens is 248 g/mol. The minimum atomic E-state index is -0.950. The fourth-order valence-corrected chi connectivity index (χ4v) is 1.81. The third-order valence-corrected chi connectivity index (χ3v) is 2.83. The number of Topliss-reactive ketones (excluding diaryl/α,β-unsaturated/α-hetero) is 1.